The van der Waals surface area contributed by atoms with Crippen LogP contribution >= 0.6 is 0 Å². The summed E-state index contributed by atoms with van der Waals surface area (Å²) in [6.45, 7) is 6.60. The summed E-state index contributed by atoms with van der Waals surface area (Å²) in [5.74, 6) is 0.154. The monoisotopic (exact) mass is 391 g/mol. The van der Waals surface area contributed by atoms with Crippen molar-refractivity contribution in [3.8, 4) is 0 Å². The van der Waals surface area contributed by atoms with Crippen LogP contribution in [0.2, 0.25) is 0 Å². The molecule has 152 valence electrons. The summed E-state index contributed by atoms with van der Waals surface area (Å²) in [6.07, 6.45) is 0.978. The standard InChI is InChI=1S/C25H29NO3/c1-24(2,3)29-23(28)26-16-20-21(17-26)25(15-14-22(20)27,18-10-6-4-7-11-18)19-12-8-5-9-13-19/h4-13,20-21H,14-17H2,1-3H3/t20?,21-/m1/s1. The normalized spacial score (nSPS) is 23.6. The Hall–Kier alpha value is -2.62. The van der Waals surface area contributed by atoms with E-state index in [1.807, 2.05) is 32.9 Å². The molecule has 0 aromatic heterocycles. The van der Waals surface area contributed by atoms with Crippen LogP contribution in [0.3, 0.4) is 0 Å². The third-order valence-electron chi connectivity index (χ3n) is 6.36. The van der Waals surface area contributed by atoms with Crippen molar-refractivity contribution in [1.82, 2.24) is 4.90 Å². The summed E-state index contributed by atoms with van der Waals surface area (Å²) in [5.41, 5.74) is 1.61. The first-order chi connectivity index (χ1) is 13.8. The van der Waals surface area contributed by atoms with E-state index in [4.69, 9.17) is 4.74 Å². The van der Waals surface area contributed by atoms with Crippen LogP contribution in [0.4, 0.5) is 4.79 Å². The number of ether oxygens (including phenoxy) is 1. The summed E-state index contributed by atoms with van der Waals surface area (Å²) in [4.78, 5) is 27.4. The van der Waals surface area contributed by atoms with Gasteiger partial charge < -0.3 is 9.64 Å². The van der Waals surface area contributed by atoms with E-state index in [1.165, 1.54) is 11.1 Å². The van der Waals surface area contributed by atoms with Gasteiger partial charge >= 0.3 is 6.09 Å². The zero-order valence-electron chi connectivity index (χ0n) is 17.4. The molecule has 4 heteroatoms. The Kier molecular flexibility index (Phi) is 4.97. The highest BCUT2D eigenvalue weighted by Gasteiger charge is 2.55. The van der Waals surface area contributed by atoms with E-state index in [-0.39, 0.29) is 29.1 Å². The molecule has 2 atom stereocenters. The average Bonchev–Trinajstić information content (AvgIpc) is 3.16. The van der Waals surface area contributed by atoms with Gasteiger partial charge in [0.05, 0.1) is 0 Å². The van der Waals surface area contributed by atoms with Crippen LogP contribution in [0, 0.1) is 11.8 Å². The molecule has 1 aliphatic heterocycles. The molecule has 2 aromatic rings. The second-order valence-electron chi connectivity index (χ2n) is 9.27. The van der Waals surface area contributed by atoms with Crippen LogP contribution in [0.5, 0.6) is 0 Å². The molecule has 1 saturated carbocycles. The summed E-state index contributed by atoms with van der Waals surface area (Å²) in [7, 11) is 0. The lowest BCUT2D eigenvalue weighted by molar-refractivity contribution is -0.126. The van der Waals surface area contributed by atoms with E-state index < -0.39 is 5.60 Å². The lowest BCUT2D eigenvalue weighted by Crippen LogP contribution is -2.47. The smallest absolute Gasteiger partial charge is 0.410 e. The van der Waals surface area contributed by atoms with Gasteiger partial charge in [0.25, 0.3) is 0 Å². The van der Waals surface area contributed by atoms with E-state index in [0.29, 0.717) is 19.5 Å². The molecule has 2 aromatic carbocycles. The van der Waals surface area contributed by atoms with Crippen LogP contribution in [0.25, 0.3) is 0 Å². The second kappa shape index (κ2) is 7.33. The minimum absolute atomic E-state index is 0.0427. The van der Waals surface area contributed by atoms with Crippen LogP contribution in [0.1, 0.15) is 44.7 Å². The number of carbonyl (C=O) groups is 2. The molecule has 1 heterocycles. The largest absolute Gasteiger partial charge is 0.444 e. The van der Waals surface area contributed by atoms with Gasteiger partial charge in [-0.3, -0.25) is 4.79 Å². The first-order valence-electron chi connectivity index (χ1n) is 10.4. The van der Waals surface area contributed by atoms with Gasteiger partial charge in [-0.05, 0) is 38.3 Å². The number of ketones is 1. The van der Waals surface area contributed by atoms with E-state index >= 15 is 0 Å². The number of likely N-dealkylation sites (tertiary alicyclic amines) is 1. The number of benzene rings is 2. The Morgan fingerprint density at radius 1 is 0.966 bits per heavy atom. The number of hydrogen-bond acceptors (Lipinski definition) is 3. The number of amides is 1. The Bertz CT molecular complexity index is 846. The first-order valence-corrected chi connectivity index (χ1v) is 10.4. The van der Waals surface area contributed by atoms with Gasteiger partial charge in [0.15, 0.2) is 0 Å². The lowest BCUT2D eigenvalue weighted by Gasteiger charge is -2.45. The molecule has 29 heavy (non-hydrogen) atoms. The lowest BCUT2D eigenvalue weighted by atomic mass is 9.56. The molecule has 1 amide bonds. The number of fused-ring (bicyclic) bond motifs is 1. The fourth-order valence-electron chi connectivity index (χ4n) is 5.15. The fourth-order valence-corrected chi connectivity index (χ4v) is 5.15. The summed E-state index contributed by atoms with van der Waals surface area (Å²) in [6, 6.07) is 20.9. The molecule has 2 fully saturated rings. The molecule has 0 spiro atoms. The minimum Gasteiger partial charge on any atom is -0.444 e. The Morgan fingerprint density at radius 3 is 2.03 bits per heavy atom. The van der Waals surface area contributed by atoms with Crippen molar-refractivity contribution in [1.29, 1.82) is 0 Å². The van der Waals surface area contributed by atoms with Gasteiger partial charge in [-0.2, -0.15) is 0 Å². The zero-order valence-corrected chi connectivity index (χ0v) is 17.4. The number of rotatable bonds is 2. The molecular weight excluding hydrogens is 362 g/mol. The molecule has 0 N–H and O–H groups in total. The summed E-state index contributed by atoms with van der Waals surface area (Å²) in [5, 5.41) is 0. The fraction of sp³-hybridized carbons (Fsp3) is 0.440. The topological polar surface area (TPSA) is 46.6 Å². The maximum absolute atomic E-state index is 12.9. The van der Waals surface area contributed by atoms with E-state index in [9.17, 15) is 9.59 Å². The molecule has 1 unspecified atom stereocenters. The SMILES string of the molecule is CC(C)(C)OC(=O)N1CC2C(=O)CCC(c3ccccc3)(c3ccccc3)[C@@H]2C1. The van der Waals surface area contributed by atoms with Gasteiger partial charge in [0.1, 0.15) is 11.4 Å². The van der Waals surface area contributed by atoms with Gasteiger partial charge in [-0.15, -0.1) is 0 Å². The van der Waals surface area contributed by atoms with Crippen LogP contribution in [-0.2, 0) is 14.9 Å². The third kappa shape index (κ3) is 3.57. The maximum atomic E-state index is 12.9. The molecule has 1 saturated heterocycles. The van der Waals surface area contributed by atoms with Gasteiger partial charge in [0.2, 0.25) is 0 Å². The number of hydrogen-bond donors (Lipinski definition) is 0. The van der Waals surface area contributed by atoms with Crippen LogP contribution < -0.4 is 0 Å². The Labute approximate surface area is 172 Å². The van der Waals surface area contributed by atoms with Gasteiger partial charge in [0, 0.05) is 36.8 Å². The zero-order chi connectivity index (χ0) is 20.6. The molecule has 0 radical (unpaired) electrons. The van der Waals surface area contributed by atoms with E-state index in [0.717, 1.165) is 6.42 Å². The van der Waals surface area contributed by atoms with Gasteiger partial charge in [-0.1, -0.05) is 60.7 Å². The Morgan fingerprint density at radius 2 is 1.52 bits per heavy atom. The van der Waals surface area contributed by atoms with Crippen molar-refractivity contribution < 1.29 is 14.3 Å². The van der Waals surface area contributed by atoms with Crippen molar-refractivity contribution in [3.05, 3.63) is 71.8 Å². The van der Waals surface area contributed by atoms with E-state index in [1.54, 1.807) is 4.90 Å². The first kappa shape index (κ1) is 19.7. The number of nitrogens with zero attached hydrogens (tertiary/aromatic N) is 1. The third-order valence-corrected chi connectivity index (χ3v) is 6.36. The number of Topliss-reactive ketones (excluding diaryl/α,β-unsaturated/α-hetero) is 1. The summed E-state index contributed by atoms with van der Waals surface area (Å²) >= 11 is 0. The van der Waals surface area contributed by atoms with E-state index in [2.05, 4.69) is 48.5 Å². The van der Waals surface area contributed by atoms with Crippen LogP contribution in [0.15, 0.2) is 60.7 Å². The molecule has 1 aliphatic carbocycles. The van der Waals surface area contributed by atoms with Crippen LogP contribution in [-0.4, -0.2) is 35.5 Å². The highest BCUT2D eigenvalue weighted by molar-refractivity contribution is 5.85. The Balaban J connectivity index is 1.77. The van der Waals surface area contributed by atoms with Crippen molar-refractivity contribution in [2.75, 3.05) is 13.1 Å². The molecule has 4 nitrogen and oxygen atoms in total. The van der Waals surface area contributed by atoms with Gasteiger partial charge in [-0.25, -0.2) is 4.79 Å². The molecule has 4 rings (SSSR count). The molecule has 2 aliphatic rings. The average molecular weight is 392 g/mol. The molecule has 0 bridgehead atoms. The quantitative estimate of drug-likeness (QED) is 0.737. The summed E-state index contributed by atoms with van der Waals surface area (Å²) < 4.78 is 5.62. The number of carbonyl (C=O) groups excluding carboxylic acids is 2. The predicted molar refractivity (Wildman–Crippen MR) is 113 cm³/mol. The maximum Gasteiger partial charge on any atom is 0.410 e. The predicted octanol–water partition coefficient (Wildman–Crippen LogP) is 4.82. The minimum atomic E-state index is -0.551. The molecular formula is C25H29NO3. The van der Waals surface area contributed by atoms with Crippen molar-refractivity contribution in [2.24, 2.45) is 11.8 Å². The van der Waals surface area contributed by atoms with Crippen molar-refractivity contribution >= 4 is 11.9 Å². The highest BCUT2D eigenvalue weighted by Crippen LogP contribution is 2.52. The van der Waals surface area contributed by atoms with Crippen molar-refractivity contribution in [3.63, 3.8) is 0 Å². The second-order valence-corrected chi connectivity index (χ2v) is 9.27. The van der Waals surface area contributed by atoms with Crippen molar-refractivity contribution in [2.45, 2.75) is 44.6 Å². The highest BCUT2D eigenvalue weighted by atomic mass is 16.6.